The highest BCUT2D eigenvalue weighted by Gasteiger charge is 2.11. The molecule has 6 nitrogen and oxygen atoms in total. The van der Waals surface area contributed by atoms with Gasteiger partial charge in [-0.2, -0.15) is 0 Å². The van der Waals surface area contributed by atoms with Gasteiger partial charge in [-0.3, -0.25) is 4.79 Å². The molecule has 0 radical (unpaired) electrons. The molecule has 3 aromatic rings. The number of ether oxygens (including phenoxy) is 1. The Kier molecular flexibility index (Phi) is 6.60. The largest absolute Gasteiger partial charge is 0.482 e. The Morgan fingerprint density at radius 2 is 2.00 bits per heavy atom. The minimum atomic E-state index is -0.202. The summed E-state index contributed by atoms with van der Waals surface area (Å²) in [6.45, 7) is 1.98. The lowest BCUT2D eigenvalue weighted by Crippen LogP contribution is -2.14. The summed E-state index contributed by atoms with van der Waals surface area (Å²) in [5, 5.41) is 11.9. The van der Waals surface area contributed by atoms with E-state index in [4.69, 9.17) is 32.4 Å². The van der Waals surface area contributed by atoms with Gasteiger partial charge in [0.2, 0.25) is 5.91 Å². The van der Waals surface area contributed by atoms with E-state index in [2.05, 4.69) is 15.5 Å². The molecule has 0 saturated heterocycles. The summed E-state index contributed by atoms with van der Waals surface area (Å²) in [7, 11) is 0. The summed E-state index contributed by atoms with van der Waals surface area (Å²) in [5.41, 5.74) is 1.58. The molecule has 1 N–H and O–H groups in total. The van der Waals surface area contributed by atoms with Gasteiger partial charge in [-0.1, -0.05) is 53.2 Å². The van der Waals surface area contributed by atoms with E-state index < -0.39 is 0 Å². The van der Waals surface area contributed by atoms with Crippen molar-refractivity contribution in [3.05, 3.63) is 64.0 Å². The molecular formula is C18H15Cl2N3O3S. The van der Waals surface area contributed by atoms with E-state index in [-0.39, 0.29) is 23.5 Å². The van der Waals surface area contributed by atoms with Gasteiger partial charge in [0.25, 0.3) is 11.1 Å². The average Bonchev–Trinajstić information content (AvgIpc) is 3.10. The first kappa shape index (κ1) is 19.5. The van der Waals surface area contributed by atoms with Gasteiger partial charge in [-0.25, -0.2) is 0 Å². The van der Waals surface area contributed by atoms with E-state index in [1.165, 1.54) is 0 Å². The lowest BCUT2D eigenvalue weighted by molar-refractivity contribution is -0.113. The second kappa shape index (κ2) is 9.12. The molecule has 140 valence electrons. The second-order valence-corrected chi connectivity index (χ2v) is 7.22. The van der Waals surface area contributed by atoms with Gasteiger partial charge in [0.05, 0.1) is 10.8 Å². The molecule has 27 heavy (non-hydrogen) atoms. The topological polar surface area (TPSA) is 77.2 Å². The number of anilines is 1. The maximum Gasteiger partial charge on any atom is 0.277 e. The zero-order valence-corrected chi connectivity index (χ0v) is 16.6. The molecule has 0 aliphatic rings. The molecule has 0 spiro atoms. The molecule has 0 fully saturated rings. The Bertz CT molecular complexity index is 949. The number of nitrogens with zero attached hydrogens (tertiary/aromatic N) is 2. The van der Waals surface area contributed by atoms with Crippen LogP contribution in [0.25, 0.3) is 0 Å². The van der Waals surface area contributed by atoms with Crippen molar-refractivity contribution in [2.45, 2.75) is 18.8 Å². The lowest BCUT2D eigenvalue weighted by Gasteiger charge is -2.06. The first-order chi connectivity index (χ1) is 13.0. The fourth-order valence-electron chi connectivity index (χ4n) is 2.05. The summed E-state index contributed by atoms with van der Waals surface area (Å²) >= 11 is 13.2. The van der Waals surface area contributed by atoms with E-state index in [9.17, 15) is 4.79 Å². The summed E-state index contributed by atoms with van der Waals surface area (Å²) in [6.07, 6.45) is 0. The van der Waals surface area contributed by atoms with E-state index in [0.29, 0.717) is 27.4 Å². The number of amides is 1. The first-order valence-electron chi connectivity index (χ1n) is 7.90. The fourth-order valence-corrected chi connectivity index (χ4v) is 3.00. The van der Waals surface area contributed by atoms with Crippen LogP contribution in [0, 0.1) is 6.92 Å². The average molecular weight is 424 g/mol. The molecule has 0 unspecified atom stereocenters. The number of rotatable bonds is 7. The van der Waals surface area contributed by atoms with Crippen LogP contribution < -0.4 is 10.1 Å². The Hall–Kier alpha value is -2.22. The summed E-state index contributed by atoms with van der Waals surface area (Å²) in [4.78, 5) is 12.0. The SMILES string of the molecule is Cc1ccc(NC(=O)CSc2nnc(COc3ccccc3Cl)o2)cc1Cl. The second-order valence-electron chi connectivity index (χ2n) is 5.48. The Balaban J connectivity index is 1.48. The summed E-state index contributed by atoms with van der Waals surface area (Å²) < 4.78 is 11.0. The third kappa shape index (κ3) is 5.63. The highest BCUT2D eigenvalue weighted by molar-refractivity contribution is 7.99. The zero-order chi connectivity index (χ0) is 19.2. The van der Waals surface area contributed by atoms with Gasteiger partial charge < -0.3 is 14.5 Å². The third-order valence-electron chi connectivity index (χ3n) is 3.42. The van der Waals surface area contributed by atoms with Crippen molar-refractivity contribution < 1.29 is 13.9 Å². The Labute approximate surface area is 170 Å². The highest BCUT2D eigenvalue weighted by atomic mass is 35.5. The maximum atomic E-state index is 12.0. The van der Waals surface area contributed by atoms with Gasteiger partial charge in [0.1, 0.15) is 5.75 Å². The predicted molar refractivity (Wildman–Crippen MR) is 106 cm³/mol. The van der Waals surface area contributed by atoms with Crippen LogP contribution in [0.1, 0.15) is 11.5 Å². The standard InChI is InChI=1S/C18H15Cl2N3O3S/c1-11-6-7-12(8-14(11)20)21-16(24)10-27-18-23-22-17(26-18)9-25-15-5-3-2-4-13(15)19/h2-8H,9-10H2,1H3,(H,21,24). The van der Waals surface area contributed by atoms with Gasteiger partial charge in [-0.15, -0.1) is 10.2 Å². The van der Waals surface area contributed by atoms with Crippen molar-refractivity contribution in [3.63, 3.8) is 0 Å². The van der Waals surface area contributed by atoms with Crippen LogP contribution in [0.2, 0.25) is 10.0 Å². The minimum absolute atomic E-state index is 0.0886. The van der Waals surface area contributed by atoms with Crippen molar-refractivity contribution in [3.8, 4) is 5.75 Å². The number of thioether (sulfide) groups is 1. The number of hydrogen-bond donors (Lipinski definition) is 1. The number of benzene rings is 2. The highest BCUT2D eigenvalue weighted by Crippen LogP contribution is 2.25. The number of nitrogens with one attached hydrogen (secondary N) is 1. The van der Waals surface area contributed by atoms with Crippen LogP contribution in [0.15, 0.2) is 52.1 Å². The van der Waals surface area contributed by atoms with Crippen molar-refractivity contribution >= 4 is 46.6 Å². The molecule has 0 aliphatic heterocycles. The quantitative estimate of drug-likeness (QED) is 0.539. The first-order valence-corrected chi connectivity index (χ1v) is 9.64. The number of aryl methyl sites for hydroxylation is 1. The minimum Gasteiger partial charge on any atom is -0.482 e. The van der Waals surface area contributed by atoms with E-state index in [1.807, 2.05) is 25.1 Å². The van der Waals surface area contributed by atoms with Gasteiger partial charge in [0.15, 0.2) is 6.61 Å². The van der Waals surface area contributed by atoms with E-state index in [1.54, 1.807) is 24.3 Å². The lowest BCUT2D eigenvalue weighted by atomic mass is 10.2. The van der Waals surface area contributed by atoms with Crippen molar-refractivity contribution in [1.29, 1.82) is 0 Å². The molecule has 2 aromatic carbocycles. The van der Waals surface area contributed by atoms with Crippen molar-refractivity contribution in [1.82, 2.24) is 10.2 Å². The normalized spacial score (nSPS) is 10.6. The number of carbonyl (C=O) groups is 1. The maximum absolute atomic E-state index is 12.0. The van der Waals surface area contributed by atoms with Gasteiger partial charge in [0, 0.05) is 10.7 Å². The number of aromatic nitrogens is 2. The predicted octanol–water partition coefficient (Wildman–Crippen LogP) is 4.99. The van der Waals surface area contributed by atoms with Crippen LogP contribution >= 0.6 is 35.0 Å². The number of halogens is 2. The molecule has 0 bridgehead atoms. The molecule has 1 amide bonds. The van der Waals surface area contributed by atoms with Crippen LogP contribution in [-0.4, -0.2) is 21.9 Å². The molecule has 9 heteroatoms. The van der Waals surface area contributed by atoms with Crippen LogP contribution in [-0.2, 0) is 11.4 Å². The number of hydrogen-bond acceptors (Lipinski definition) is 6. The van der Waals surface area contributed by atoms with Crippen LogP contribution in [0.3, 0.4) is 0 Å². The molecular weight excluding hydrogens is 409 g/mol. The smallest absolute Gasteiger partial charge is 0.277 e. The van der Waals surface area contributed by atoms with E-state index in [0.717, 1.165) is 17.3 Å². The number of carbonyl (C=O) groups excluding carboxylic acids is 1. The molecule has 0 saturated carbocycles. The van der Waals surface area contributed by atoms with Crippen LogP contribution in [0.5, 0.6) is 5.75 Å². The molecule has 0 aliphatic carbocycles. The van der Waals surface area contributed by atoms with Gasteiger partial charge in [-0.05, 0) is 36.8 Å². The summed E-state index contributed by atoms with van der Waals surface area (Å²) in [5.74, 6) is 0.747. The Morgan fingerprint density at radius 1 is 1.19 bits per heavy atom. The third-order valence-corrected chi connectivity index (χ3v) is 4.96. The zero-order valence-electron chi connectivity index (χ0n) is 14.2. The van der Waals surface area contributed by atoms with Crippen molar-refractivity contribution in [2.75, 3.05) is 11.1 Å². The molecule has 3 rings (SSSR count). The molecule has 0 atom stereocenters. The summed E-state index contributed by atoms with van der Waals surface area (Å²) in [6, 6.07) is 12.4. The number of para-hydroxylation sites is 1. The van der Waals surface area contributed by atoms with Crippen molar-refractivity contribution in [2.24, 2.45) is 0 Å². The van der Waals surface area contributed by atoms with Crippen LogP contribution in [0.4, 0.5) is 5.69 Å². The van der Waals surface area contributed by atoms with Gasteiger partial charge >= 0.3 is 0 Å². The fraction of sp³-hybridized carbons (Fsp3) is 0.167. The monoisotopic (exact) mass is 423 g/mol. The van der Waals surface area contributed by atoms with E-state index >= 15 is 0 Å². The molecule has 1 heterocycles. The molecule has 1 aromatic heterocycles. The Morgan fingerprint density at radius 3 is 2.78 bits per heavy atom.